The molecular formula is C13H17NO3. The summed E-state index contributed by atoms with van der Waals surface area (Å²) in [5.74, 6) is -1.19. The molecule has 2 bridgehead atoms. The van der Waals surface area contributed by atoms with Gasteiger partial charge < -0.3 is 10.0 Å². The lowest BCUT2D eigenvalue weighted by Crippen LogP contribution is -2.36. The summed E-state index contributed by atoms with van der Waals surface area (Å²) in [5, 5.41) is 9.08. The molecule has 1 N–H and O–H groups in total. The molecule has 0 saturated carbocycles. The van der Waals surface area contributed by atoms with Gasteiger partial charge in [-0.1, -0.05) is 18.2 Å². The first-order chi connectivity index (χ1) is 8.15. The van der Waals surface area contributed by atoms with E-state index in [1.165, 1.54) is 6.08 Å². The normalized spacial score (nSPS) is 31.8. The van der Waals surface area contributed by atoms with Gasteiger partial charge in [-0.05, 0) is 26.2 Å². The van der Waals surface area contributed by atoms with Crippen molar-refractivity contribution in [2.75, 3.05) is 0 Å². The molecule has 3 atom stereocenters. The van der Waals surface area contributed by atoms with Crippen LogP contribution in [0.4, 0.5) is 0 Å². The number of carboxylic acids is 1. The van der Waals surface area contributed by atoms with Crippen LogP contribution in [0.25, 0.3) is 0 Å². The molecule has 0 radical (unpaired) electrons. The fourth-order valence-corrected chi connectivity index (χ4v) is 2.93. The highest BCUT2D eigenvalue weighted by Gasteiger charge is 2.50. The third kappa shape index (κ3) is 2.12. The van der Waals surface area contributed by atoms with Crippen molar-refractivity contribution in [2.24, 2.45) is 5.92 Å². The Bertz CT molecular complexity index is 386. The van der Waals surface area contributed by atoms with Crippen LogP contribution in [0.1, 0.15) is 26.2 Å². The van der Waals surface area contributed by atoms with Crippen LogP contribution in [0.2, 0.25) is 0 Å². The summed E-state index contributed by atoms with van der Waals surface area (Å²) in [7, 11) is 0. The zero-order valence-electron chi connectivity index (χ0n) is 9.87. The summed E-state index contributed by atoms with van der Waals surface area (Å²) < 4.78 is 0. The SMILES string of the molecule is CC=CC=CC(=O)N1C2CCC1C(C(=O)O)C2. The van der Waals surface area contributed by atoms with Crippen molar-refractivity contribution >= 4 is 11.9 Å². The number of rotatable bonds is 3. The van der Waals surface area contributed by atoms with E-state index >= 15 is 0 Å². The maximum absolute atomic E-state index is 12.0. The smallest absolute Gasteiger partial charge is 0.308 e. The number of carboxylic acid groups (broad SMARTS) is 1. The van der Waals surface area contributed by atoms with Crippen molar-refractivity contribution in [2.45, 2.75) is 38.3 Å². The standard InChI is InChI=1S/C13H17NO3/c1-2-3-4-5-12(15)14-9-6-7-11(14)10(8-9)13(16)17/h2-5,9-11H,6-8H2,1H3,(H,16,17). The summed E-state index contributed by atoms with van der Waals surface area (Å²) in [6.07, 6.45) is 9.25. The zero-order chi connectivity index (χ0) is 12.4. The van der Waals surface area contributed by atoms with Crippen LogP contribution in [0, 0.1) is 5.92 Å². The van der Waals surface area contributed by atoms with Crippen molar-refractivity contribution in [1.82, 2.24) is 4.90 Å². The van der Waals surface area contributed by atoms with E-state index in [9.17, 15) is 9.59 Å². The van der Waals surface area contributed by atoms with E-state index in [0.717, 1.165) is 12.8 Å². The second kappa shape index (κ2) is 4.73. The number of fused-ring (bicyclic) bond motifs is 2. The van der Waals surface area contributed by atoms with Crippen molar-refractivity contribution in [3.05, 3.63) is 24.3 Å². The second-order valence-corrected chi connectivity index (χ2v) is 4.61. The minimum Gasteiger partial charge on any atom is -0.481 e. The number of nitrogens with zero attached hydrogens (tertiary/aromatic N) is 1. The van der Waals surface area contributed by atoms with E-state index in [1.54, 1.807) is 17.1 Å². The first kappa shape index (κ1) is 11.9. The Labute approximate surface area is 101 Å². The molecule has 0 aromatic heterocycles. The maximum Gasteiger partial charge on any atom is 0.308 e. The van der Waals surface area contributed by atoms with E-state index in [1.807, 2.05) is 13.0 Å². The Morgan fingerprint density at radius 1 is 1.29 bits per heavy atom. The van der Waals surface area contributed by atoms with E-state index in [0.29, 0.717) is 6.42 Å². The average molecular weight is 235 g/mol. The molecule has 2 rings (SSSR count). The Kier molecular flexibility index (Phi) is 3.31. The van der Waals surface area contributed by atoms with Crippen molar-refractivity contribution in [3.8, 4) is 0 Å². The summed E-state index contributed by atoms with van der Waals surface area (Å²) in [6.45, 7) is 1.88. The minimum atomic E-state index is -0.771. The van der Waals surface area contributed by atoms with Crippen LogP contribution in [0.3, 0.4) is 0 Å². The minimum absolute atomic E-state index is 0.0562. The Hall–Kier alpha value is -1.58. The van der Waals surface area contributed by atoms with Crippen LogP contribution in [-0.4, -0.2) is 34.0 Å². The molecule has 92 valence electrons. The van der Waals surface area contributed by atoms with Gasteiger partial charge in [0.1, 0.15) is 0 Å². The van der Waals surface area contributed by atoms with Crippen molar-refractivity contribution < 1.29 is 14.7 Å². The molecule has 17 heavy (non-hydrogen) atoms. The Morgan fingerprint density at radius 3 is 2.65 bits per heavy atom. The average Bonchev–Trinajstić information content (AvgIpc) is 2.86. The number of carbonyl (C=O) groups excluding carboxylic acids is 1. The zero-order valence-corrected chi connectivity index (χ0v) is 9.87. The second-order valence-electron chi connectivity index (χ2n) is 4.61. The largest absolute Gasteiger partial charge is 0.481 e. The predicted octanol–water partition coefficient (Wildman–Crippen LogP) is 1.58. The highest BCUT2D eigenvalue weighted by molar-refractivity contribution is 5.90. The van der Waals surface area contributed by atoms with Gasteiger partial charge in [0.2, 0.25) is 5.91 Å². The summed E-state index contributed by atoms with van der Waals surface area (Å²) in [4.78, 5) is 24.8. The number of hydrogen-bond acceptors (Lipinski definition) is 2. The van der Waals surface area contributed by atoms with Gasteiger partial charge in [0, 0.05) is 18.2 Å². The fourth-order valence-electron chi connectivity index (χ4n) is 2.93. The predicted molar refractivity (Wildman–Crippen MR) is 63.4 cm³/mol. The van der Waals surface area contributed by atoms with Crippen LogP contribution in [0.5, 0.6) is 0 Å². The number of hydrogen-bond donors (Lipinski definition) is 1. The van der Waals surface area contributed by atoms with Gasteiger partial charge >= 0.3 is 5.97 Å². The maximum atomic E-state index is 12.0. The number of allylic oxidation sites excluding steroid dienone is 3. The fraction of sp³-hybridized carbons (Fsp3) is 0.538. The molecule has 2 fully saturated rings. The highest BCUT2D eigenvalue weighted by atomic mass is 16.4. The first-order valence-corrected chi connectivity index (χ1v) is 5.99. The van der Waals surface area contributed by atoms with E-state index in [2.05, 4.69) is 0 Å². The lowest BCUT2D eigenvalue weighted by molar-refractivity contribution is -0.143. The van der Waals surface area contributed by atoms with Crippen LogP contribution >= 0.6 is 0 Å². The molecule has 2 saturated heterocycles. The van der Waals surface area contributed by atoms with Gasteiger partial charge in [0.15, 0.2) is 0 Å². The van der Waals surface area contributed by atoms with Crippen molar-refractivity contribution in [1.29, 1.82) is 0 Å². The molecule has 4 heteroatoms. The van der Waals surface area contributed by atoms with Gasteiger partial charge in [-0.3, -0.25) is 9.59 Å². The topological polar surface area (TPSA) is 57.6 Å². The number of aliphatic carboxylic acids is 1. The first-order valence-electron chi connectivity index (χ1n) is 5.99. The van der Waals surface area contributed by atoms with Gasteiger partial charge in [-0.2, -0.15) is 0 Å². The van der Waals surface area contributed by atoms with Gasteiger partial charge in [-0.15, -0.1) is 0 Å². The van der Waals surface area contributed by atoms with Crippen molar-refractivity contribution in [3.63, 3.8) is 0 Å². The van der Waals surface area contributed by atoms with Crippen LogP contribution < -0.4 is 0 Å². The lowest BCUT2D eigenvalue weighted by atomic mass is 9.89. The molecule has 0 spiro atoms. The molecule has 2 heterocycles. The molecule has 3 unspecified atom stereocenters. The van der Waals surface area contributed by atoms with E-state index in [-0.39, 0.29) is 23.9 Å². The van der Waals surface area contributed by atoms with E-state index in [4.69, 9.17) is 5.11 Å². The molecule has 2 aliphatic heterocycles. The van der Waals surface area contributed by atoms with Gasteiger partial charge in [-0.25, -0.2) is 0 Å². The summed E-state index contributed by atoms with van der Waals surface area (Å²) in [6, 6.07) is 0.0316. The number of amides is 1. The highest BCUT2D eigenvalue weighted by Crippen LogP contribution is 2.41. The lowest BCUT2D eigenvalue weighted by Gasteiger charge is -2.21. The van der Waals surface area contributed by atoms with Gasteiger partial charge in [0.05, 0.1) is 5.92 Å². The summed E-state index contributed by atoms with van der Waals surface area (Å²) in [5.41, 5.74) is 0. The molecule has 4 nitrogen and oxygen atoms in total. The molecule has 0 aliphatic carbocycles. The third-order valence-electron chi connectivity index (χ3n) is 3.65. The molecule has 0 aromatic rings. The molecule has 0 aromatic carbocycles. The third-order valence-corrected chi connectivity index (χ3v) is 3.65. The van der Waals surface area contributed by atoms with Crippen LogP contribution in [-0.2, 0) is 9.59 Å². The van der Waals surface area contributed by atoms with E-state index < -0.39 is 5.97 Å². The molecule has 1 amide bonds. The summed E-state index contributed by atoms with van der Waals surface area (Å²) >= 11 is 0. The monoisotopic (exact) mass is 235 g/mol. The molecular weight excluding hydrogens is 218 g/mol. The quantitative estimate of drug-likeness (QED) is 0.597. The number of carbonyl (C=O) groups is 2. The Balaban J connectivity index is 2.08. The van der Waals surface area contributed by atoms with Gasteiger partial charge in [0.25, 0.3) is 0 Å². The van der Waals surface area contributed by atoms with Crippen LogP contribution in [0.15, 0.2) is 24.3 Å². The Morgan fingerprint density at radius 2 is 2.06 bits per heavy atom. The molecule has 2 aliphatic rings.